The Labute approximate surface area is 134 Å². The molecule has 1 aromatic carbocycles. The Morgan fingerprint density at radius 1 is 1.05 bits per heavy atom. The highest BCUT2D eigenvalue weighted by molar-refractivity contribution is 5.79. The van der Waals surface area contributed by atoms with E-state index in [2.05, 4.69) is 40.5 Å². The highest BCUT2D eigenvalue weighted by Gasteiger charge is 2.28. The molecule has 0 aliphatic carbocycles. The molecule has 0 aromatic heterocycles. The lowest BCUT2D eigenvalue weighted by atomic mass is 9.89. The van der Waals surface area contributed by atoms with Crippen LogP contribution in [0.1, 0.15) is 37.7 Å². The van der Waals surface area contributed by atoms with Crippen molar-refractivity contribution in [1.82, 2.24) is 10.2 Å². The summed E-state index contributed by atoms with van der Waals surface area (Å²) in [6, 6.07) is 10.8. The molecule has 2 aliphatic heterocycles. The molecule has 1 N–H and O–H groups in total. The van der Waals surface area contributed by atoms with Crippen LogP contribution in [0.4, 0.5) is 0 Å². The molecule has 0 unspecified atom stereocenters. The molecule has 3 nitrogen and oxygen atoms in total. The third-order valence-corrected chi connectivity index (χ3v) is 5.30. The Hall–Kier alpha value is -1.35. The number of piperidine rings is 2. The van der Waals surface area contributed by atoms with Gasteiger partial charge in [-0.1, -0.05) is 30.3 Å². The summed E-state index contributed by atoms with van der Waals surface area (Å²) in [4.78, 5) is 14.7. The fraction of sp³-hybridized carbons (Fsp3) is 0.632. The van der Waals surface area contributed by atoms with E-state index in [0.717, 1.165) is 44.9 Å². The minimum Gasteiger partial charge on any atom is -0.342 e. The van der Waals surface area contributed by atoms with Gasteiger partial charge in [0, 0.05) is 19.0 Å². The van der Waals surface area contributed by atoms with Crippen LogP contribution in [-0.4, -0.2) is 37.0 Å². The van der Waals surface area contributed by atoms with E-state index >= 15 is 0 Å². The lowest BCUT2D eigenvalue weighted by Crippen LogP contribution is -2.44. The Bertz CT molecular complexity index is 460. The van der Waals surface area contributed by atoms with Crippen molar-refractivity contribution in [3.63, 3.8) is 0 Å². The first-order valence-electron chi connectivity index (χ1n) is 8.86. The first-order chi connectivity index (χ1) is 10.8. The second-order valence-corrected chi connectivity index (χ2v) is 6.82. The summed E-state index contributed by atoms with van der Waals surface area (Å²) >= 11 is 0. The van der Waals surface area contributed by atoms with Crippen molar-refractivity contribution < 1.29 is 4.79 Å². The van der Waals surface area contributed by atoms with Crippen molar-refractivity contribution >= 4 is 5.91 Å². The molecule has 1 aromatic rings. The maximum absolute atomic E-state index is 12.5. The molecule has 3 heteroatoms. The number of carbonyl (C=O) groups excluding carboxylic acids is 1. The number of hydrogen-bond donors (Lipinski definition) is 1. The fourth-order valence-electron chi connectivity index (χ4n) is 3.78. The number of rotatable bonds is 4. The molecule has 2 heterocycles. The molecule has 2 fully saturated rings. The highest BCUT2D eigenvalue weighted by Crippen LogP contribution is 2.25. The third-order valence-electron chi connectivity index (χ3n) is 5.30. The largest absolute Gasteiger partial charge is 0.342 e. The van der Waals surface area contributed by atoms with E-state index in [9.17, 15) is 4.79 Å². The summed E-state index contributed by atoms with van der Waals surface area (Å²) < 4.78 is 0. The lowest BCUT2D eigenvalue weighted by Gasteiger charge is -2.35. The Kier molecular flexibility index (Phi) is 5.49. The predicted octanol–water partition coefficient (Wildman–Crippen LogP) is 2.86. The molecular formula is C19H28N2O. The van der Waals surface area contributed by atoms with Crippen LogP contribution < -0.4 is 5.32 Å². The van der Waals surface area contributed by atoms with Crippen LogP contribution >= 0.6 is 0 Å². The third kappa shape index (κ3) is 4.10. The average molecular weight is 300 g/mol. The number of carbonyl (C=O) groups is 1. The molecule has 22 heavy (non-hydrogen) atoms. The van der Waals surface area contributed by atoms with Gasteiger partial charge < -0.3 is 10.2 Å². The van der Waals surface area contributed by atoms with Crippen molar-refractivity contribution in [1.29, 1.82) is 0 Å². The molecule has 1 amide bonds. The van der Waals surface area contributed by atoms with E-state index in [1.807, 2.05) is 0 Å². The first-order valence-corrected chi connectivity index (χ1v) is 8.86. The Balaban J connectivity index is 1.41. The van der Waals surface area contributed by atoms with Crippen LogP contribution in [0.5, 0.6) is 0 Å². The summed E-state index contributed by atoms with van der Waals surface area (Å²) in [7, 11) is 0. The van der Waals surface area contributed by atoms with Crippen LogP contribution in [-0.2, 0) is 11.2 Å². The number of benzene rings is 1. The molecule has 0 spiro atoms. The van der Waals surface area contributed by atoms with Crippen molar-refractivity contribution in [2.45, 2.75) is 38.5 Å². The van der Waals surface area contributed by atoms with E-state index in [0.29, 0.717) is 5.91 Å². The Morgan fingerprint density at radius 3 is 2.41 bits per heavy atom. The lowest BCUT2D eigenvalue weighted by molar-refractivity contribution is -0.137. The highest BCUT2D eigenvalue weighted by atomic mass is 16.2. The molecule has 0 saturated carbocycles. The van der Waals surface area contributed by atoms with Gasteiger partial charge in [-0.2, -0.15) is 0 Å². The summed E-state index contributed by atoms with van der Waals surface area (Å²) in [6.07, 6.45) is 6.85. The molecule has 2 aliphatic rings. The zero-order valence-corrected chi connectivity index (χ0v) is 13.5. The minimum absolute atomic E-state index is 0.280. The van der Waals surface area contributed by atoms with Crippen molar-refractivity contribution in [3.05, 3.63) is 35.9 Å². The molecule has 120 valence electrons. The van der Waals surface area contributed by atoms with Gasteiger partial charge in [-0.15, -0.1) is 0 Å². The van der Waals surface area contributed by atoms with Gasteiger partial charge in [0.25, 0.3) is 0 Å². The van der Waals surface area contributed by atoms with Crippen LogP contribution in [0.25, 0.3) is 0 Å². The normalized spacial score (nSPS) is 21.0. The van der Waals surface area contributed by atoms with Gasteiger partial charge in [0.05, 0.1) is 0 Å². The van der Waals surface area contributed by atoms with E-state index in [1.165, 1.54) is 31.2 Å². The standard InChI is InChI=1S/C19H28N2O/c22-19(18-8-12-20-13-9-18)21-14-10-17(11-15-21)7-6-16-4-2-1-3-5-16/h1-5,17-18,20H,6-15H2. The second kappa shape index (κ2) is 7.77. The van der Waals surface area contributed by atoms with Crippen LogP contribution in [0.15, 0.2) is 30.3 Å². The van der Waals surface area contributed by atoms with Gasteiger partial charge in [-0.25, -0.2) is 0 Å². The predicted molar refractivity (Wildman–Crippen MR) is 89.7 cm³/mol. The number of likely N-dealkylation sites (tertiary alicyclic amines) is 1. The van der Waals surface area contributed by atoms with Gasteiger partial charge in [-0.3, -0.25) is 4.79 Å². The second-order valence-electron chi connectivity index (χ2n) is 6.82. The number of amides is 1. The quantitative estimate of drug-likeness (QED) is 0.927. The van der Waals surface area contributed by atoms with E-state index in [-0.39, 0.29) is 5.92 Å². The number of nitrogens with zero attached hydrogens (tertiary/aromatic N) is 1. The van der Waals surface area contributed by atoms with E-state index in [4.69, 9.17) is 0 Å². The van der Waals surface area contributed by atoms with Crippen LogP contribution in [0.2, 0.25) is 0 Å². The monoisotopic (exact) mass is 300 g/mol. The fourth-order valence-corrected chi connectivity index (χ4v) is 3.78. The number of nitrogens with one attached hydrogen (secondary N) is 1. The molecule has 3 rings (SSSR count). The molecule has 0 bridgehead atoms. The maximum Gasteiger partial charge on any atom is 0.225 e. The Morgan fingerprint density at radius 2 is 1.73 bits per heavy atom. The molecule has 2 saturated heterocycles. The summed E-state index contributed by atoms with van der Waals surface area (Å²) in [5, 5.41) is 3.34. The van der Waals surface area contributed by atoms with Crippen LogP contribution in [0.3, 0.4) is 0 Å². The summed E-state index contributed by atoms with van der Waals surface area (Å²) in [5.41, 5.74) is 1.44. The van der Waals surface area contributed by atoms with Crippen molar-refractivity contribution in [2.75, 3.05) is 26.2 Å². The van der Waals surface area contributed by atoms with Gasteiger partial charge in [0.2, 0.25) is 5.91 Å². The SMILES string of the molecule is O=C(C1CCNCC1)N1CCC(CCc2ccccc2)CC1. The smallest absolute Gasteiger partial charge is 0.225 e. The average Bonchev–Trinajstić information content (AvgIpc) is 2.61. The number of aryl methyl sites for hydroxylation is 1. The summed E-state index contributed by atoms with van der Waals surface area (Å²) in [5.74, 6) is 1.49. The maximum atomic E-state index is 12.5. The van der Waals surface area contributed by atoms with E-state index in [1.54, 1.807) is 0 Å². The van der Waals surface area contributed by atoms with Gasteiger partial charge >= 0.3 is 0 Å². The summed E-state index contributed by atoms with van der Waals surface area (Å²) in [6.45, 7) is 3.96. The van der Waals surface area contributed by atoms with Crippen molar-refractivity contribution in [3.8, 4) is 0 Å². The van der Waals surface area contributed by atoms with Gasteiger partial charge in [0.15, 0.2) is 0 Å². The first kappa shape index (κ1) is 15.5. The van der Waals surface area contributed by atoms with E-state index < -0.39 is 0 Å². The van der Waals surface area contributed by atoms with Gasteiger partial charge in [0.1, 0.15) is 0 Å². The number of hydrogen-bond acceptors (Lipinski definition) is 2. The zero-order chi connectivity index (χ0) is 15.2. The zero-order valence-electron chi connectivity index (χ0n) is 13.5. The molecular weight excluding hydrogens is 272 g/mol. The minimum atomic E-state index is 0.280. The topological polar surface area (TPSA) is 32.3 Å². The molecule has 0 radical (unpaired) electrons. The molecule has 0 atom stereocenters. The van der Waals surface area contributed by atoms with Crippen molar-refractivity contribution in [2.24, 2.45) is 11.8 Å². The van der Waals surface area contributed by atoms with Gasteiger partial charge in [-0.05, 0) is 63.1 Å². The van der Waals surface area contributed by atoms with Crippen LogP contribution in [0, 0.1) is 11.8 Å².